The summed E-state index contributed by atoms with van der Waals surface area (Å²) in [4.78, 5) is 14.7. The van der Waals surface area contributed by atoms with Crippen LogP contribution in [0.25, 0.3) is 11.3 Å². The molecule has 0 radical (unpaired) electrons. The van der Waals surface area contributed by atoms with Gasteiger partial charge in [-0.3, -0.25) is 4.98 Å². The first-order valence-electron chi connectivity index (χ1n) is 4.72. The number of nitrogens with zero attached hydrogens (tertiary/aromatic N) is 1. The van der Waals surface area contributed by atoms with Gasteiger partial charge in [-0.15, -0.1) is 0 Å². The van der Waals surface area contributed by atoms with Gasteiger partial charge in [0.15, 0.2) is 0 Å². The molecule has 0 aliphatic heterocycles. The van der Waals surface area contributed by atoms with E-state index in [1.54, 1.807) is 24.3 Å². The van der Waals surface area contributed by atoms with Crippen LogP contribution in [0.3, 0.4) is 0 Å². The Labute approximate surface area is 108 Å². The van der Waals surface area contributed by atoms with Crippen molar-refractivity contribution in [2.24, 2.45) is 0 Å². The van der Waals surface area contributed by atoms with Crippen molar-refractivity contribution in [3.8, 4) is 11.3 Å². The number of hydrogen-bond acceptors (Lipinski definition) is 2. The number of hydrogen-bond donors (Lipinski definition) is 1. The van der Waals surface area contributed by atoms with Crippen LogP contribution in [0, 0.1) is 0 Å². The monoisotopic (exact) mass is 267 g/mol. The number of aromatic nitrogens is 1. The topological polar surface area (TPSA) is 50.2 Å². The number of aromatic carboxylic acids is 1. The van der Waals surface area contributed by atoms with E-state index in [2.05, 4.69) is 4.98 Å². The SMILES string of the molecule is O=C(O)c1ccc(-c2cc(Cl)ccc2Cl)nc1. The van der Waals surface area contributed by atoms with Crippen LogP contribution in [0.4, 0.5) is 0 Å². The molecule has 5 heteroatoms. The van der Waals surface area contributed by atoms with Gasteiger partial charge in [0.25, 0.3) is 0 Å². The summed E-state index contributed by atoms with van der Waals surface area (Å²) in [5, 5.41) is 9.83. The number of carboxylic acids is 1. The molecular formula is C12H7Cl2NO2. The van der Waals surface area contributed by atoms with Gasteiger partial charge in [-0.2, -0.15) is 0 Å². The fraction of sp³-hybridized carbons (Fsp3) is 0. The number of benzene rings is 1. The van der Waals surface area contributed by atoms with Crippen LogP contribution in [0.15, 0.2) is 36.5 Å². The van der Waals surface area contributed by atoms with E-state index in [-0.39, 0.29) is 5.56 Å². The second-order valence-corrected chi connectivity index (χ2v) is 4.21. The Morgan fingerprint density at radius 2 is 1.94 bits per heavy atom. The number of carboxylic acid groups (broad SMARTS) is 1. The van der Waals surface area contributed by atoms with Gasteiger partial charge in [-0.1, -0.05) is 23.2 Å². The fourth-order valence-electron chi connectivity index (χ4n) is 1.37. The van der Waals surface area contributed by atoms with Gasteiger partial charge in [0.05, 0.1) is 16.3 Å². The molecule has 1 aromatic carbocycles. The lowest BCUT2D eigenvalue weighted by Crippen LogP contribution is -1.97. The van der Waals surface area contributed by atoms with E-state index in [1.165, 1.54) is 12.3 Å². The lowest BCUT2D eigenvalue weighted by atomic mass is 10.1. The van der Waals surface area contributed by atoms with Crippen LogP contribution in [0.1, 0.15) is 10.4 Å². The van der Waals surface area contributed by atoms with Gasteiger partial charge >= 0.3 is 5.97 Å². The molecule has 0 saturated carbocycles. The van der Waals surface area contributed by atoms with Gasteiger partial charge in [0.1, 0.15) is 0 Å². The molecule has 0 bridgehead atoms. The number of carbonyl (C=O) groups is 1. The summed E-state index contributed by atoms with van der Waals surface area (Å²) in [6, 6.07) is 8.11. The first-order chi connectivity index (χ1) is 8.08. The Hall–Kier alpha value is -1.58. The minimum absolute atomic E-state index is 0.131. The average Bonchev–Trinajstić information content (AvgIpc) is 2.32. The Bertz CT molecular complexity index is 567. The highest BCUT2D eigenvalue weighted by Crippen LogP contribution is 2.29. The van der Waals surface area contributed by atoms with Crippen molar-refractivity contribution >= 4 is 29.2 Å². The Balaban J connectivity index is 2.46. The first kappa shape index (κ1) is 11.9. The molecule has 2 aromatic rings. The summed E-state index contributed by atoms with van der Waals surface area (Å²) in [5.41, 5.74) is 1.39. The van der Waals surface area contributed by atoms with Gasteiger partial charge in [-0.25, -0.2) is 4.79 Å². The molecule has 0 saturated heterocycles. The van der Waals surface area contributed by atoms with E-state index in [1.807, 2.05) is 0 Å². The third kappa shape index (κ3) is 2.57. The van der Waals surface area contributed by atoms with E-state index in [4.69, 9.17) is 28.3 Å². The van der Waals surface area contributed by atoms with Crippen LogP contribution >= 0.6 is 23.2 Å². The Kier molecular flexibility index (Phi) is 3.31. The van der Waals surface area contributed by atoms with Crippen molar-refractivity contribution < 1.29 is 9.90 Å². The number of pyridine rings is 1. The summed E-state index contributed by atoms with van der Waals surface area (Å²) in [6.45, 7) is 0. The molecule has 0 fully saturated rings. The van der Waals surface area contributed by atoms with Crippen LogP contribution in [-0.2, 0) is 0 Å². The molecule has 86 valence electrons. The van der Waals surface area contributed by atoms with Crippen molar-refractivity contribution in [1.82, 2.24) is 4.98 Å². The first-order valence-corrected chi connectivity index (χ1v) is 5.48. The van der Waals surface area contributed by atoms with Gasteiger partial charge in [-0.05, 0) is 30.3 Å². The molecular weight excluding hydrogens is 261 g/mol. The molecule has 3 nitrogen and oxygen atoms in total. The average molecular weight is 268 g/mol. The van der Waals surface area contributed by atoms with Gasteiger partial charge in [0, 0.05) is 16.8 Å². The van der Waals surface area contributed by atoms with Crippen molar-refractivity contribution in [2.45, 2.75) is 0 Å². The van der Waals surface area contributed by atoms with Gasteiger partial charge < -0.3 is 5.11 Å². The molecule has 1 heterocycles. The smallest absolute Gasteiger partial charge is 0.337 e. The maximum atomic E-state index is 10.7. The summed E-state index contributed by atoms with van der Waals surface area (Å²) < 4.78 is 0. The Morgan fingerprint density at radius 3 is 2.53 bits per heavy atom. The van der Waals surface area contributed by atoms with Crippen LogP contribution < -0.4 is 0 Å². The minimum atomic E-state index is -1.01. The largest absolute Gasteiger partial charge is 0.478 e. The molecule has 0 aliphatic carbocycles. The highest BCUT2D eigenvalue weighted by Gasteiger charge is 2.08. The minimum Gasteiger partial charge on any atom is -0.478 e. The van der Waals surface area contributed by atoms with E-state index in [0.29, 0.717) is 21.3 Å². The standard InChI is InChI=1S/C12H7Cl2NO2/c13-8-2-3-10(14)9(5-8)11-4-1-7(6-15-11)12(16)17/h1-6H,(H,16,17). The van der Waals surface area contributed by atoms with Gasteiger partial charge in [0.2, 0.25) is 0 Å². The summed E-state index contributed by atoms with van der Waals surface area (Å²) in [6.07, 6.45) is 1.29. The normalized spacial score (nSPS) is 10.2. The third-order valence-corrected chi connectivity index (χ3v) is 2.78. The van der Waals surface area contributed by atoms with E-state index in [0.717, 1.165) is 0 Å². The lowest BCUT2D eigenvalue weighted by Gasteiger charge is -2.04. The maximum Gasteiger partial charge on any atom is 0.337 e. The molecule has 0 amide bonds. The quantitative estimate of drug-likeness (QED) is 0.902. The maximum absolute atomic E-state index is 10.7. The second-order valence-electron chi connectivity index (χ2n) is 3.36. The van der Waals surface area contributed by atoms with Crippen LogP contribution in [0.5, 0.6) is 0 Å². The molecule has 0 atom stereocenters. The molecule has 0 unspecified atom stereocenters. The predicted octanol–water partition coefficient (Wildman–Crippen LogP) is 3.75. The molecule has 2 rings (SSSR count). The summed E-state index contributed by atoms with van der Waals surface area (Å²) in [7, 11) is 0. The fourth-order valence-corrected chi connectivity index (χ4v) is 1.76. The number of halogens is 2. The molecule has 17 heavy (non-hydrogen) atoms. The van der Waals surface area contributed by atoms with Crippen molar-refractivity contribution in [3.63, 3.8) is 0 Å². The predicted molar refractivity (Wildman–Crippen MR) is 66.7 cm³/mol. The third-order valence-electron chi connectivity index (χ3n) is 2.21. The highest BCUT2D eigenvalue weighted by molar-refractivity contribution is 6.35. The Morgan fingerprint density at radius 1 is 1.18 bits per heavy atom. The van der Waals surface area contributed by atoms with Crippen molar-refractivity contribution in [1.29, 1.82) is 0 Å². The lowest BCUT2D eigenvalue weighted by molar-refractivity contribution is 0.0696. The second kappa shape index (κ2) is 4.73. The molecule has 0 aliphatic rings. The van der Waals surface area contributed by atoms with Crippen LogP contribution in [-0.4, -0.2) is 16.1 Å². The summed E-state index contributed by atoms with van der Waals surface area (Å²) >= 11 is 11.9. The van der Waals surface area contributed by atoms with E-state index in [9.17, 15) is 4.79 Å². The molecule has 1 N–H and O–H groups in total. The van der Waals surface area contributed by atoms with Crippen molar-refractivity contribution in [2.75, 3.05) is 0 Å². The van der Waals surface area contributed by atoms with Crippen LogP contribution in [0.2, 0.25) is 10.0 Å². The zero-order valence-electron chi connectivity index (χ0n) is 8.52. The summed E-state index contributed by atoms with van der Waals surface area (Å²) in [5.74, 6) is -1.01. The molecule has 0 spiro atoms. The molecule has 1 aromatic heterocycles. The van der Waals surface area contributed by atoms with E-state index >= 15 is 0 Å². The zero-order valence-corrected chi connectivity index (χ0v) is 10.0. The number of rotatable bonds is 2. The zero-order chi connectivity index (χ0) is 12.4. The van der Waals surface area contributed by atoms with Crippen molar-refractivity contribution in [3.05, 3.63) is 52.1 Å². The highest BCUT2D eigenvalue weighted by atomic mass is 35.5. The van der Waals surface area contributed by atoms with E-state index < -0.39 is 5.97 Å².